The molecule has 236 valence electrons. The second kappa shape index (κ2) is 11.8. The summed E-state index contributed by atoms with van der Waals surface area (Å²) < 4.78 is 1.79. The minimum absolute atomic E-state index is 0.151. The van der Waals surface area contributed by atoms with Crippen molar-refractivity contribution >= 4 is 34.3 Å². The van der Waals surface area contributed by atoms with E-state index in [1.54, 1.807) is 4.68 Å². The first-order valence-electron chi connectivity index (χ1n) is 16.3. The van der Waals surface area contributed by atoms with Gasteiger partial charge in [0.2, 0.25) is 0 Å². The molecule has 2 aliphatic rings. The summed E-state index contributed by atoms with van der Waals surface area (Å²) in [4.78, 5) is 32.2. The van der Waals surface area contributed by atoms with Crippen molar-refractivity contribution in [3.8, 4) is 5.69 Å². The van der Waals surface area contributed by atoms with Crippen LogP contribution in [0.4, 0.5) is 16.3 Å². The average Bonchev–Trinajstić information content (AvgIpc) is 3.73. The first-order valence-corrected chi connectivity index (χ1v) is 16.3. The zero-order valence-corrected chi connectivity index (χ0v) is 27.0. The van der Waals surface area contributed by atoms with Crippen LogP contribution in [0.5, 0.6) is 0 Å². The molecule has 2 fully saturated rings. The normalized spacial score (nSPS) is 19.4. The van der Waals surface area contributed by atoms with Crippen molar-refractivity contribution in [1.82, 2.24) is 19.7 Å². The Labute approximate surface area is 270 Å². The van der Waals surface area contributed by atoms with Crippen molar-refractivity contribution in [3.05, 3.63) is 107 Å². The maximum Gasteiger partial charge on any atom is 0.324 e. The molecule has 2 atom stereocenters. The second-order valence-corrected chi connectivity index (χ2v) is 14.1. The molecule has 2 saturated heterocycles. The summed E-state index contributed by atoms with van der Waals surface area (Å²) in [7, 11) is 0. The van der Waals surface area contributed by atoms with Gasteiger partial charge >= 0.3 is 6.03 Å². The largest absolute Gasteiger partial charge is 0.361 e. The van der Waals surface area contributed by atoms with Gasteiger partial charge in [0.15, 0.2) is 0 Å². The number of hydrogen-bond donors (Lipinski definition) is 3. The van der Waals surface area contributed by atoms with Crippen LogP contribution in [0.25, 0.3) is 16.6 Å². The number of hydrogen-bond acceptors (Lipinski definition) is 3. The van der Waals surface area contributed by atoms with Gasteiger partial charge in [-0.25, -0.2) is 9.48 Å². The summed E-state index contributed by atoms with van der Waals surface area (Å²) in [5.41, 5.74) is 6.49. The smallest absolute Gasteiger partial charge is 0.324 e. The number of rotatable bonds is 6. The van der Waals surface area contributed by atoms with E-state index in [0.29, 0.717) is 11.7 Å². The number of aromatic amines is 1. The van der Waals surface area contributed by atoms with Gasteiger partial charge in [-0.2, -0.15) is 5.10 Å². The van der Waals surface area contributed by atoms with E-state index in [0.717, 1.165) is 71.2 Å². The lowest BCUT2D eigenvalue weighted by atomic mass is 9.85. The van der Waals surface area contributed by atoms with Crippen LogP contribution < -0.4 is 10.6 Å². The number of carbonyl (C=O) groups is 2. The number of H-pyrrole nitrogens is 1. The fourth-order valence-corrected chi connectivity index (χ4v) is 7.23. The number of aryl methyl sites for hydroxylation is 1. The highest BCUT2D eigenvalue weighted by Gasteiger charge is 2.43. The number of piperidine rings is 1. The summed E-state index contributed by atoms with van der Waals surface area (Å²) in [6.45, 7) is 8.39. The van der Waals surface area contributed by atoms with Gasteiger partial charge in [-0.05, 0) is 98.4 Å². The molecule has 3 amide bonds. The van der Waals surface area contributed by atoms with E-state index in [2.05, 4.69) is 60.3 Å². The maximum absolute atomic E-state index is 13.6. The summed E-state index contributed by atoms with van der Waals surface area (Å²) in [5, 5.41) is 12.0. The minimum atomic E-state index is -0.312. The number of fused-ring (bicyclic) bond motifs is 3. The standard InChI is InChI=1S/C38H42N6O2/c1-24-8-12-30(13-9-24)44-35(23-34(42-44)38(2,3)4)41-37(46)40-29-7-5-6-25(19-29)18-26-20-31-14-15-32(21-26)43(31)36(45)28-11-10-27-16-17-39-33(27)22-28/h5-13,16-17,19,22-23,26,31-32,39H,14-15,18,20-21H2,1-4H3,(H2,40,41,46). The van der Waals surface area contributed by atoms with Gasteiger partial charge < -0.3 is 15.2 Å². The fraction of sp³-hybridized carbons (Fsp3) is 0.342. The molecule has 0 aliphatic carbocycles. The highest BCUT2D eigenvalue weighted by molar-refractivity contribution is 6.00. The first kappa shape index (κ1) is 29.8. The van der Waals surface area contributed by atoms with Gasteiger partial charge in [0.05, 0.1) is 11.4 Å². The Bertz CT molecular complexity index is 1880. The van der Waals surface area contributed by atoms with Crippen LogP contribution in [0.1, 0.15) is 73.6 Å². The fourth-order valence-electron chi connectivity index (χ4n) is 7.23. The van der Waals surface area contributed by atoms with Crippen LogP contribution in [-0.4, -0.2) is 43.7 Å². The van der Waals surface area contributed by atoms with E-state index in [1.165, 1.54) is 5.56 Å². The predicted molar refractivity (Wildman–Crippen MR) is 184 cm³/mol. The van der Waals surface area contributed by atoms with E-state index in [1.807, 2.05) is 72.9 Å². The van der Waals surface area contributed by atoms with Crippen molar-refractivity contribution < 1.29 is 9.59 Å². The predicted octanol–water partition coefficient (Wildman–Crippen LogP) is 8.23. The summed E-state index contributed by atoms with van der Waals surface area (Å²) in [5.74, 6) is 1.27. The second-order valence-electron chi connectivity index (χ2n) is 14.1. The topological polar surface area (TPSA) is 95.1 Å². The van der Waals surface area contributed by atoms with Crippen molar-refractivity contribution in [2.45, 2.75) is 77.3 Å². The number of benzene rings is 3. The number of amides is 3. The van der Waals surface area contributed by atoms with Crippen molar-refractivity contribution in [1.29, 1.82) is 0 Å². The van der Waals surface area contributed by atoms with E-state index in [9.17, 15) is 9.59 Å². The molecular weight excluding hydrogens is 572 g/mol. The Kier molecular flexibility index (Phi) is 7.67. The Morgan fingerprint density at radius 3 is 2.41 bits per heavy atom. The van der Waals surface area contributed by atoms with Crippen molar-refractivity contribution in [3.63, 3.8) is 0 Å². The molecule has 4 heterocycles. The molecule has 5 aromatic rings. The van der Waals surface area contributed by atoms with E-state index in [4.69, 9.17) is 5.10 Å². The SMILES string of the molecule is Cc1ccc(-n2nc(C(C)(C)C)cc2NC(=O)Nc2cccc(CC3CC4CCC(C3)N4C(=O)c3ccc4cc[nH]c4c3)c2)cc1. The van der Waals surface area contributed by atoms with Crippen LogP contribution in [0.3, 0.4) is 0 Å². The third kappa shape index (κ3) is 6.04. The van der Waals surface area contributed by atoms with Crippen LogP contribution in [0.15, 0.2) is 85.1 Å². The maximum atomic E-state index is 13.6. The molecule has 2 aromatic heterocycles. The molecule has 2 bridgehead atoms. The van der Waals surface area contributed by atoms with Crippen molar-refractivity contribution in [2.75, 3.05) is 10.6 Å². The molecule has 3 aromatic carbocycles. The van der Waals surface area contributed by atoms with Gasteiger partial charge in [0.25, 0.3) is 5.91 Å². The van der Waals surface area contributed by atoms with Gasteiger partial charge in [-0.15, -0.1) is 0 Å². The Balaban J connectivity index is 1.00. The molecule has 2 aliphatic heterocycles. The number of nitrogens with one attached hydrogen (secondary N) is 3. The highest BCUT2D eigenvalue weighted by Crippen LogP contribution is 2.41. The lowest BCUT2D eigenvalue weighted by Crippen LogP contribution is -2.46. The number of nitrogens with zero attached hydrogens (tertiary/aromatic N) is 3. The molecule has 8 heteroatoms. The molecule has 0 radical (unpaired) electrons. The van der Waals surface area contributed by atoms with Crippen molar-refractivity contribution in [2.24, 2.45) is 5.92 Å². The van der Waals surface area contributed by atoms with Crippen LogP contribution in [0.2, 0.25) is 0 Å². The zero-order chi connectivity index (χ0) is 32.0. The number of anilines is 2. The van der Waals surface area contributed by atoms with Crippen LogP contribution >= 0.6 is 0 Å². The molecule has 0 spiro atoms. The molecule has 8 nitrogen and oxygen atoms in total. The van der Waals surface area contributed by atoms with Gasteiger partial charge in [-0.3, -0.25) is 10.1 Å². The van der Waals surface area contributed by atoms with E-state index >= 15 is 0 Å². The first-order chi connectivity index (χ1) is 22.1. The molecule has 0 saturated carbocycles. The van der Waals surface area contributed by atoms with Gasteiger partial charge in [-0.1, -0.05) is 56.7 Å². The van der Waals surface area contributed by atoms with E-state index in [-0.39, 0.29) is 29.4 Å². The number of carbonyl (C=O) groups excluding carboxylic acids is 2. The highest BCUT2D eigenvalue weighted by atomic mass is 16.2. The minimum Gasteiger partial charge on any atom is -0.361 e. The number of urea groups is 1. The average molecular weight is 615 g/mol. The monoisotopic (exact) mass is 614 g/mol. The Morgan fingerprint density at radius 1 is 0.913 bits per heavy atom. The van der Waals surface area contributed by atoms with Crippen LogP contribution in [0, 0.1) is 12.8 Å². The van der Waals surface area contributed by atoms with Gasteiger partial charge in [0, 0.05) is 46.5 Å². The summed E-state index contributed by atoms with van der Waals surface area (Å²) >= 11 is 0. The summed E-state index contributed by atoms with van der Waals surface area (Å²) in [6.07, 6.45) is 6.98. The molecule has 2 unspecified atom stereocenters. The Morgan fingerprint density at radius 2 is 1.67 bits per heavy atom. The number of aromatic nitrogens is 3. The third-order valence-electron chi connectivity index (χ3n) is 9.57. The lowest BCUT2D eigenvalue weighted by Gasteiger charge is -2.39. The molecule has 3 N–H and O–H groups in total. The zero-order valence-electron chi connectivity index (χ0n) is 27.0. The van der Waals surface area contributed by atoms with Gasteiger partial charge in [0.1, 0.15) is 5.82 Å². The summed E-state index contributed by atoms with van der Waals surface area (Å²) in [6, 6.07) is 26.4. The van der Waals surface area contributed by atoms with E-state index < -0.39 is 0 Å². The van der Waals surface area contributed by atoms with Crippen LogP contribution in [-0.2, 0) is 11.8 Å². The Hall–Kier alpha value is -4.85. The molecule has 7 rings (SSSR count). The lowest BCUT2D eigenvalue weighted by molar-refractivity contribution is 0.0524. The third-order valence-corrected chi connectivity index (χ3v) is 9.57. The quantitative estimate of drug-likeness (QED) is 0.180. The molecular formula is C38H42N6O2. The molecule has 46 heavy (non-hydrogen) atoms.